The van der Waals surface area contributed by atoms with Gasteiger partial charge in [-0.3, -0.25) is 4.79 Å². The lowest BCUT2D eigenvalue weighted by Crippen LogP contribution is -2.30. The molecule has 0 aliphatic carbocycles. The summed E-state index contributed by atoms with van der Waals surface area (Å²) in [4.78, 5) is 23.2. The SMILES string of the molecule is Cc1nc(Nc2ccccc2F)cc(C(=O)N2CCc3ccccc32)n1. The first kappa shape index (κ1) is 16.2. The number of hydrogen-bond acceptors (Lipinski definition) is 4. The molecule has 0 saturated heterocycles. The van der Waals surface area contributed by atoms with E-state index in [4.69, 9.17) is 0 Å². The maximum Gasteiger partial charge on any atom is 0.277 e. The van der Waals surface area contributed by atoms with E-state index in [-0.39, 0.29) is 17.4 Å². The second kappa shape index (κ2) is 6.55. The molecule has 1 aliphatic heterocycles. The lowest BCUT2D eigenvalue weighted by molar-refractivity contribution is 0.0984. The van der Waals surface area contributed by atoms with E-state index in [0.29, 0.717) is 23.9 Å². The number of hydrogen-bond donors (Lipinski definition) is 1. The third kappa shape index (κ3) is 3.01. The first-order chi connectivity index (χ1) is 12.6. The van der Waals surface area contributed by atoms with Crippen molar-refractivity contribution in [3.05, 3.63) is 77.5 Å². The number of nitrogens with zero attached hydrogens (tertiary/aromatic N) is 3. The van der Waals surface area contributed by atoms with Crippen LogP contribution < -0.4 is 10.2 Å². The van der Waals surface area contributed by atoms with Gasteiger partial charge in [0.1, 0.15) is 23.2 Å². The number of rotatable bonds is 3. The van der Waals surface area contributed by atoms with Crippen LogP contribution in [0.5, 0.6) is 0 Å². The topological polar surface area (TPSA) is 58.1 Å². The van der Waals surface area contributed by atoms with Crippen LogP contribution in [-0.4, -0.2) is 22.4 Å². The predicted octanol–water partition coefficient (Wildman–Crippen LogP) is 3.87. The number of halogens is 1. The Labute approximate surface area is 150 Å². The molecule has 1 N–H and O–H groups in total. The first-order valence-electron chi connectivity index (χ1n) is 8.39. The lowest BCUT2D eigenvalue weighted by atomic mass is 10.2. The van der Waals surface area contributed by atoms with E-state index in [0.717, 1.165) is 17.7 Å². The third-order valence-corrected chi connectivity index (χ3v) is 4.33. The van der Waals surface area contributed by atoms with Crippen LogP contribution in [0, 0.1) is 12.7 Å². The summed E-state index contributed by atoms with van der Waals surface area (Å²) in [5, 5.41) is 2.92. The number of fused-ring (bicyclic) bond motifs is 1. The minimum absolute atomic E-state index is 0.183. The predicted molar refractivity (Wildman–Crippen MR) is 98.3 cm³/mol. The van der Waals surface area contributed by atoms with E-state index in [1.807, 2.05) is 24.3 Å². The standard InChI is InChI=1S/C20H17FN4O/c1-13-22-17(12-19(23-13)24-16-8-4-3-7-15(16)21)20(26)25-11-10-14-6-2-5-9-18(14)25/h2-9,12H,10-11H2,1H3,(H,22,23,24). The summed E-state index contributed by atoms with van der Waals surface area (Å²) in [6.07, 6.45) is 0.826. The molecule has 0 atom stereocenters. The summed E-state index contributed by atoms with van der Waals surface area (Å²) in [6.45, 7) is 2.33. The number of amides is 1. The Balaban J connectivity index is 1.64. The highest BCUT2D eigenvalue weighted by Crippen LogP contribution is 2.29. The van der Waals surface area contributed by atoms with E-state index < -0.39 is 0 Å². The van der Waals surface area contributed by atoms with Crippen LogP contribution in [0.4, 0.5) is 21.6 Å². The molecule has 2 heterocycles. The van der Waals surface area contributed by atoms with Gasteiger partial charge in [0, 0.05) is 18.3 Å². The molecule has 2 aromatic carbocycles. The molecule has 5 nitrogen and oxygen atoms in total. The van der Waals surface area contributed by atoms with E-state index in [2.05, 4.69) is 15.3 Å². The van der Waals surface area contributed by atoms with Gasteiger partial charge in [-0.25, -0.2) is 14.4 Å². The Morgan fingerprint density at radius 2 is 1.88 bits per heavy atom. The van der Waals surface area contributed by atoms with Crippen molar-refractivity contribution < 1.29 is 9.18 Å². The smallest absolute Gasteiger partial charge is 0.277 e. The van der Waals surface area contributed by atoms with Gasteiger partial charge in [0.25, 0.3) is 5.91 Å². The molecule has 0 unspecified atom stereocenters. The van der Waals surface area contributed by atoms with Crippen molar-refractivity contribution in [2.24, 2.45) is 0 Å². The normalized spacial score (nSPS) is 12.8. The average Bonchev–Trinajstić information content (AvgIpc) is 3.07. The molecule has 0 fully saturated rings. The van der Waals surface area contributed by atoms with E-state index in [1.54, 1.807) is 36.1 Å². The second-order valence-corrected chi connectivity index (χ2v) is 6.13. The van der Waals surface area contributed by atoms with Crippen molar-refractivity contribution in [2.45, 2.75) is 13.3 Å². The van der Waals surface area contributed by atoms with E-state index in [9.17, 15) is 9.18 Å². The largest absolute Gasteiger partial charge is 0.338 e. The van der Waals surface area contributed by atoms with Crippen LogP contribution in [0.15, 0.2) is 54.6 Å². The summed E-state index contributed by atoms with van der Waals surface area (Å²) in [5.41, 5.74) is 2.65. The molecule has 1 aromatic heterocycles. The minimum atomic E-state index is -0.384. The molecule has 130 valence electrons. The third-order valence-electron chi connectivity index (χ3n) is 4.33. The maximum atomic E-state index is 13.9. The molecule has 0 saturated carbocycles. The molecule has 0 radical (unpaired) electrons. The van der Waals surface area contributed by atoms with Gasteiger partial charge in [-0.15, -0.1) is 0 Å². The average molecular weight is 348 g/mol. The highest BCUT2D eigenvalue weighted by Gasteiger charge is 2.26. The highest BCUT2D eigenvalue weighted by atomic mass is 19.1. The summed E-state index contributed by atoms with van der Waals surface area (Å²) >= 11 is 0. The summed E-state index contributed by atoms with van der Waals surface area (Å²) in [5.74, 6) is 0.266. The van der Waals surface area contributed by atoms with Crippen LogP contribution in [0.1, 0.15) is 21.9 Å². The van der Waals surface area contributed by atoms with Gasteiger partial charge in [0.05, 0.1) is 5.69 Å². The van der Waals surface area contributed by atoms with Gasteiger partial charge in [-0.05, 0) is 37.1 Å². The number of para-hydroxylation sites is 2. The summed E-state index contributed by atoms with van der Waals surface area (Å²) in [7, 11) is 0. The first-order valence-corrected chi connectivity index (χ1v) is 8.39. The second-order valence-electron chi connectivity index (χ2n) is 6.13. The zero-order valence-electron chi connectivity index (χ0n) is 14.2. The number of aromatic nitrogens is 2. The Bertz CT molecular complexity index is 989. The molecule has 26 heavy (non-hydrogen) atoms. The minimum Gasteiger partial charge on any atom is -0.338 e. The number of carbonyl (C=O) groups is 1. The number of carbonyl (C=O) groups excluding carboxylic acids is 1. The molecule has 6 heteroatoms. The van der Waals surface area contributed by atoms with Crippen LogP contribution in [0.25, 0.3) is 0 Å². The fourth-order valence-electron chi connectivity index (χ4n) is 3.13. The molecule has 1 aliphatic rings. The molecular weight excluding hydrogens is 331 g/mol. The van der Waals surface area contributed by atoms with Crippen molar-refractivity contribution >= 4 is 23.1 Å². The van der Waals surface area contributed by atoms with Crippen LogP contribution in [0.2, 0.25) is 0 Å². The summed E-state index contributed by atoms with van der Waals surface area (Å²) in [6, 6.07) is 15.7. The van der Waals surface area contributed by atoms with Crippen LogP contribution in [-0.2, 0) is 6.42 Å². The fourth-order valence-corrected chi connectivity index (χ4v) is 3.13. The van der Waals surface area contributed by atoms with Gasteiger partial charge >= 0.3 is 0 Å². The van der Waals surface area contributed by atoms with Crippen molar-refractivity contribution in [2.75, 3.05) is 16.8 Å². The van der Waals surface area contributed by atoms with Crippen molar-refractivity contribution in [3.8, 4) is 0 Å². The molecule has 0 bridgehead atoms. The Kier molecular flexibility index (Phi) is 4.08. The van der Waals surface area contributed by atoms with Crippen molar-refractivity contribution in [1.82, 2.24) is 9.97 Å². The van der Waals surface area contributed by atoms with Crippen LogP contribution >= 0.6 is 0 Å². The molecule has 0 spiro atoms. The summed E-state index contributed by atoms with van der Waals surface area (Å²) < 4.78 is 13.9. The fraction of sp³-hybridized carbons (Fsp3) is 0.150. The molecule has 3 aromatic rings. The van der Waals surface area contributed by atoms with Gasteiger partial charge in [0.2, 0.25) is 0 Å². The molecule has 4 rings (SSSR count). The zero-order valence-corrected chi connectivity index (χ0v) is 14.2. The molecular formula is C20H17FN4O. The zero-order chi connectivity index (χ0) is 18.1. The quantitative estimate of drug-likeness (QED) is 0.781. The van der Waals surface area contributed by atoms with Crippen LogP contribution in [0.3, 0.4) is 0 Å². The Hall–Kier alpha value is -3.28. The number of aryl methyl sites for hydroxylation is 1. The van der Waals surface area contributed by atoms with Gasteiger partial charge < -0.3 is 10.2 Å². The van der Waals surface area contributed by atoms with Gasteiger partial charge in [-0.1, -0.05) is 30.3 Å². The lowest BCUT2D eigenvalue weighted by Gasteiger charge is -2.17. The van der Waals surface area contributed by atoms with Crippen molar-refractivity contribution in [1.29, 1.82) is 0 Å². The maximum absolute atomic E-state index is 13.9. The Morgan fingerprint density at radius 3 is 2.73 bits per heavy atom. The highest BCUT2D eigenvalue weighted by molar-refractivity contribution is 6.06. The number of benzene rings is 2. The number of nitrogens with one attached hydrogen (secondary N) is 1. The molecule has 1 amide bonds. The van der Waals surface area contributed by atoms with Crippen molar-refractivity contribution in [3.63, 3.8) is 0 Å². The van der Waals surface area contributed by atoms with E-state index in [1.165, 1.54) is 6.07 Å². The van der Waals surface area contributed by atoms with Gasteiger partial charge in [-0.2, -0.15) is 0 Å². The number of anilines is 3. The van der Waals surface area contributed by atoms with E-state index >= 15 is 0 Å². The Morgan fingerprint density at radius 1 is 1.12 bits per heavy atom. The van der Waals surface area contributed by atoms with Gasteiger partial charge in [0.15, 0.2) is 0 Å². The monoisotopic (exact) mass is 348 g/mol.